The zero-order valence-electron chi connectivity index (χ0n) is 14.1. The van der Waals surface area contributed by atoms with Gasteiger partial charge in [0.25, 0.3) is 0 Å². The van der Waals surface area contributed by atoms with Gasteiger partial charge in [-0.25, -0.2) is 4.90 Å². The number of imide groups is 1. The highest BCUT2D eigenvalue weighted by molar-refractivity contribution is 6.23. The number of rotatable bonds is 2. The van der Waals surface area contributed by atoms with Crippen LogP contribution in [-0.4, -0.2) is 41.3 Å². The molecule has 0 saturated carbocycles. The molecule has 3 heterocycles. The number of ether oxygens (including phenoxy) is 2. The minimum atomic E-state index is -1.06. The van der Waals surface area contributed by atoms with Crippen molar-refractivity contribution in [3.63, 3.8) is 0 Å². The number of aliphatic hydroxyl groups excluding tert-OH is 1. The van der Waals surface area contributed by atoms with Gasteiger partial charge in [0.05, 0.1) is 41.9 Å². The van der Waals surface area contributed by atoms with Gasteiger partial charge >= 0.3 is 0 Å². The van der Waals surface area contributed by atoms with E-state index in [4.69, 9.17) is 14.7 Å². The van der Waals surface area contributed by atoms with Crippen molar-refractivity contribution in [1.82, 2.24) is 0 Å². The Balaban J connectivity index is 1.79. The number of amides is 2. The van der Waals surface area contributed by atoms with Crippen LogP contribution in [0.5, 0.6) is 5.75 Å². The quantitative estimate of drug-likeness (QED) is 0.805. The second-order valence-electron chi connectivity index (χ2n) is 7.28. The number of hydrogen-bond acceptors (Lipinski definition) is 6. The van der Waals surface area contributed by atoms with Crippen LogP contribution in [0.15, 0.2) is 18.2 Å². The highest BCUT2D eigenvalue weighted by Crippen LogP contribution is 2.61. The summed E-state index contributed by atoms with van der Waals surface area (Å²) in [6.45, 7) is 3.47. The van der Waals surface area contributed by atoms with E-state index in [1.165, 1.54) is 19.2 Å². The van der Waals surface area contributed by atoms with E-state index in [9.17, 15) is 14.7 Å². The van der Waals surface area contributed by atoms with Gasteiger partial charge in [-0.15, -0.1) is 0 Å². The van der Waals surface area contributed by atoms with Crippen LogP contribution < -0.4 is 9.64 Å². The molecule has 3 fully saturated rings. The molecule has 4 rings (SSSR count). The normalized spacial score (nSPS) is 38.8. The molecule has 1 aromatic rings. The van der Waals surface area contributed by atoms with Crippen LogP contribution in [0.3, 0.4) is 0 Å². The van der Waals surface area contributed by atoms with Crippen LogP contribution in [0.4, 0.5) is 5.69 Å². The third-order valence-corrected chi connectivity index (χ3v) is 5.86. The molecule has 0 aliphatic carbocycles. The van der Waals surface area contributed by atoms with Gasteiger partial charge in [0.15, 0.2) is 0 Å². The fourth-order valence-corrected chi connectivity index (χ4v) is 4.69. The summed E-state index contributed by atoms with van der Waals surface area (Å²) < 4.78 is 11.1. The number of carbonyl (C=O) groups excluding carboxylic acids is 2. The van der Waals surface area contributed by atoms with Crippen LogP contribution in [0.1, 0.15) is 25.8 Å². The van der Waals surface area contributed by atoms with Crippen LogP contribution >= 0.6 is 0 Å². The summed E-state index contributed by atoms with van der Waals surface area (Å²) in [4.78, 5) is 27.2. The molecule has 3 aliphatic rings. The van der Waals surface area contributed by atoms with E-state index in [0.29, 0.717) is 23.4 Å². The summed E-state index contributed by atoms with van der Waals surface area (Å²) in [7, 11) is 1.43. The van der Waals surface area contributed by atoms with Crippen LogP contribution in [0, 0.1) is 23.2 Å². The third kappa shape index (κ3) is 1.81. The van der Waals surface area contributed by atoms with E-state index >= 15 is 0 Å². The molecule has 0 radical (unpaired) electrons. The zero-order valence-corrected chi connectivity index (χ0v) is 14.1. The Kier molecular flexibility index (Phi) is 3.09. The summed E-state index contributed by atoms with van der Waals surface area (Å²) in [5, 5.41) is 19.4. The van der Waals surface area contributed by atoms with E-state index in [1.54, 1.807) is 19.9 Å². The molecule has 1 N–H and O–H groups in total. The van der Waals surface area contributed by atoms with Gasteiger partial charge in [0.1, 0.15) is 17.4 Å². The molecule has 5 atom stereocenters. The van der Waals surface area contributed by atoms with Crippen LogP contribution in [0.2, 0.25) is 0 Å². The molecule has 7 nitrogen and oxygen atoms in total. The van der Waals surface area contributed by atoms with Crippen molar-refractivity contribution in [2.75, 3.05) is 12.0 Å². The Morgan fingerprint density at radius 3 is 2.64 bits per heavy atom. The van der Waals surface area contributed by atoms with E-state index in [-0.39, 0.29) is 11.8 Å². The molecule has 3 saturated heterocycles. The maximum absolute atomic E-state index is 13.0. The molecule has 0 aromatic heterocycles. The van der Waals surface area contributed by atoms with Crippen molar-refractivity contribution < 1.29 is 24.2 Å². The second kappa shape index (κ2) is 4.81. The lowest BCUT2D eigenvalue weighted by Gasteiger charge is -2.31. The molecule has 0 spiro atoms. The third-order valence-electron chi connectivity index (χ3n) is 5.86. The fourth-order valence-electron chi connectivity index (χ4n) is 4.69. The number of anilines is 1. The standard InChI is InChI=1S/C18H18N2O5/c1-17-7-12(21)18(2,25-17)14-13(17)15(22)20(16(14)23)10-5-4-9(8-19)11(6-10)24-3/h4-6,12-14,21H,7H2,1-3H3/t12-,13+,14-,17?,18?/m0/s1. The first kappa shape index (κ1) is 16.1. The molecule has 1 aromatic carbocycles. The average Bonchev–Trinajstić information content (AvgIpc) is 3.08. The first-order chi connectivity index (χ1) is 11.8. The maximum atomic E-state index is 13.0. The average molecular weight is 342 g/mol. The summed E-state index contributed by atoms with van der Waals surface area (Å²) in [5.41, 5.74) is -1.22. The summed E-state index contributed by atoms with van der Waals surface area (Å²) in [5.74, 6) is -1.74. The SMILES string of the molecule is COc1cc(N2C(=O)[C@@H]3[C@H](C2=O)C2(C)C[C@H](O)C3(C)O2)ccc1C#N. The van der Waals surface area contributed by atoms with Gasteiger partial charge < -0.3 is 14.6 Å². The highest BCUT2D eigenvalue weighted by Gasteiger charge is 2.75. The van der Waals surface area contributed by atoms with Gasteiger partial charge in [0, 0.05) is 12.5 Å². The Hall–Kier alpha value is -2.43. The number of fused-ring (bicyclic) bond motifs is 5. The van der Waals surface area contributed by atoms with Crippen molar-refractivity contribution >= 4 is 17.5 Å². The van der Waals surface area contributed by atoms with Crippen molar-refractivity contribution in [3.05, 3.63) is 23.8 Å². The van der Waals surface area contributed by atoms with Gasteiger partial charge in [-0.1, -0.05) is 0 Å². The van der Waals surface area contributed by atoms with Crippen molar-refractivity contribution in [3.8, 4) is 11.8 Å². The molecular weight excluding hydrogens is 324 g/mol. The highest BCUT2D eigenvalue weighted by atomic mass is 16.6. The van der Waals surface area contributed by atoms with E-state index in [2.05, 4.69) is 0 Å². The molecule has 3 aliphatic heterocycles. The predicted octanol–water partition coefficient (Wildman–Crippen LogP) is 0.985. The van der Waals surface area contributed by atoms with Crippen molar-refractivity contribution in [1.29, 1.82) is 5.26 Å². The minimum Gasteiger partial charge on any atom is -0.495 e. The number of carbonyl (C=O) groups is 2. The summed E-state index contributed by atoms with van der Waals surface area (Å²) in [6, 6.07) is 6.59. The zero-order chi connectivity index (χ0) is 18.1. The van der Waals surface area contributed by atoms with Gasteiger partial charge in [0.2, 0.25) is 11.8 Å². The van der Waals surface area contributed by atoms with Crippen molar-refractivity contribution in [2.45, 2.75) is 37.6 Å². The van der Waals surface area contributed by atoms with Gasteiger partial charge in [-0.2, -0.15) is 5.26 Å². The number of hydrogen-bond donors (Lipinski definition) is 1. The smallest absolute Gasteiger partial charge is 0.240 e. The lowest BCUT2D eigenvalue weighted by Crippen LogP contribution is -2.49. The lowest BCUT2D eigenvalue weighted by molar-refractivity contribution is -0.132. The van der Waals surface area contributed by atoms with E-state index in [0.717, 1.165) is 4.90 Å². The van der Waals surface area contributed by atoms with E-state index < -0.39 is 29.1 Å². The first-order valence-electron chi connectivity index (χ1n) is 8.11. The number of aliphatic hydroxyl groups is 1. The first-order valence-corrected chi connectivity index (χ1v) is 8.11. The molecule has 2 unspecified atom stereocenters. The Morgan fingerprint density at radius 2 is 2.00 bits per heavy atom. The predicted molar refractivity (Wildman–Crippen MR) is 85.7 cm³/mol. The molecular formula is C18H18N2O5. The monoisotopic (exact) mass is 342 g/mol. The lowest BCUT2D eigenvalue weighted by atomic mass is 9.67. The Labute approximate surface area is 144 Å². The number of methoxy groups -OCH3 is 1. The largest absolute Gasteiger partial charge is 0.495 e. The summed E-state index contributed by atoms with van der Waals surface area (Å²) >= 11 is 0. The van der Waals surface area contributed by atoms with Crippen LogP contribution in [0.25, 0.3) is 0 Å². The minimum absolute atomic E-state index is 0.300. The molecule has 7 heteroatoms. The topological polar surface area (TPSA) is 99.9 Å². The molecule has 2 bridgehead atoms. The molecule has 2 amide bonds. The van der Waals surface area contributed by atoms with Gasteiger partial charge in [-0.3, -0.25) is 9.59 Å². The Bertz CT molecular complexity index is 846. The maximum Gasteiger partial charge on any atom is 0.240 e. The van der Waals surface area contributed by atoms with Crippen LogP contribution in [-0.2, 0) is 14.3 Å². The second-order valence-corrected chi connectivity index (χ2v) is 7.28. The molecule has 130 valence electrons. The van der Waals surface area contributed by atoms with E-state index in [1.807, 2.05) is 6.07 Å². The molecule has 25 heavy (non-hydrogen) atoms. The van der Waals surface area contributed by atoms with Gasteiger partial charge in [-0.05, 0) is 26.0 Å². The Morgan fingerprint density at radius 1 is 1.32 bits per heavy atom. The fraction of sp³-hybridized carbons (Fsp3) is 0.500. The van der Waals surface area contributed by atoms with Crippen molar-refractivity contribution in [2.24, 2.45) is 11.8 Å². The summed E-state index contributed by atoms with van der Waals surface area (Å²) in [6.07, 6.45) is -0.459. The number of nitrogens with zero attached hydrogens (tertiary/aromatic N) is 2. The number of nitriles is 1. The number of benzene rings is 1.